The van der Waals surface area contributed by atoms with Gasteiger partial charge >= 0.3 is 0 Å². The zero-order valence-electron chi connectivity index (χ0n) is 26.4. The van der Waals surface area contributed by atoms with Gasteiger partial charge in [-0.05, 0) is 69.3 Å². The maximum absolute atomic E-state index is 14.2. The van der Waals surface area contributed by atoms with E-state index in [1.807, 2.05) is 20.8 Å². The molecule has 250 valence electrons. The van der Waals surface area contributed by atoms with Gasteiger partial charge in [-0.1, -0.05) is 59.2 Å². The molecule has 1 N–H and O–H groups in total. The first-order chi connectivity index (χ1) is 22.2. The minimum atomic E-state index is -4.29. The Morgan fingerprint density at radius 3 is 1.47 bits per heavy atom. The number of hydrogen-bond acceptors (Lipinski definition) is 8. The van der Waals surface area contributed by atoms with Crippen LogP contribution in [0.3, 0.4) is 0 Å². The van der Waals surface area contributed by atoms with Gasteiger partial charge in [0.25, 0.3) is 0 Å². The lowest BCUT2D eigenvalue weighted by atomic mass is 10.2. The normalized spacial score (nSPS) is 17.9. The molecule has 11 nitrogen and oxygen atoms in total. The molecule has 0 radical (unpaired) electrons. The van der Waals surface area contributed by atoms with Gasteiger partial charge in [-0.25, -0.2) is 25.3 Å². The molecular formula is C33H38N4O7S3. The summed E-state index contributed by atoms with van der Waals surface area (Å²) in [6.45, 7) is 3.26. The Labute approximate surface area is 277 Å². The second-order valence-corrected chi connectivity index (χ2v) is 17.4. The second kappa shape index (κ2) is 13.9. The number of benzene rings is 3. The summed E-state index contributed by atoms with van der Waals surface area (Å²) < 4.78 is 87.8. The predicted octanol–water partition coefficient (Wildman–Crippen LogP) is 3.45. The molecule has 1 aliphatic heterocycles. The summed E-state index contributed by atoms with van der Waals surface area (Å²) >= 11 is 0. The molecule has 1 aliphatic rings. The number of rotatable bonds is 7. The van der Waals surface area contributed by atoms with E-state index in [0.29, 0.717) is 11.4 Å². The Morgan fingerprint density at radius 2 is 1.00 bits per heavy atom. The highest BCUT2D eigenvalue weighted by atomic mass is 32.2. The number of aliphatic hydroxyl groups excluding tert-OH is 1. The molecule has 1 atom stereocenters. The van der Waals surface area contributed by atoms with E-state index in [4.69, 9.17) is 0 Å². The van der Waals surface area contributed by atoms with Gasteiger partial charge in [0.15, 0.2) is 0 Å². The molecule has 5 rings (SSSR count). The van der Waals surface area contributed by atoms with Gasteiger partial charge in [-0.15, -0.1) is 0 Å². The van der Waals surface area contributed by atoms with E-state index in [-0.39, 0.29) is 40.9 Å². The zero-order chi connectivity index (χ0) is 34.0. The summed E-state index contributed by atoms with van der Waals surface area (Å²) in [5, 5.41) is 10.7. The van der Waals surface area contributed by atoms with Crippen molar-refractivity contribution in [2.24, 2.45) is 0 Å². The summed E-state index contributed by atoms with van der Waals surface area (Å²) in [5.74, 6) is 0. The molecule has 47 heavy (non-hydrogen) atoms. The number of aryl methyl sites for hydroxylation is 3. The van der Waals surface area contributed by atoms with E-state index in [0.717, 1.165) is 25.3 Å². The monoisotopic (exact) mass is 698 g/mol. The minimum Gasteiger partial charge on any atom is -0.395 e. The van der Waals surface area contributed by atoms with Crippen LogP contribution < -0.4 is 0 Å². The van der Waals surface area contributed by atoms with Crippen LogP contribution in [-0.4, -0.2) is 80.5 Å². The highest BCUT2D eigenvalue weighted by Gasteiger charge is 2.37. The van der Waals surface area contributed by atoms with Crippen LogP contribution in [0.5, 0.6) is 0 Å². The van der Waals surface area contributed by atoms with E-state index < -0.39 is 49.3 Å². The number of nitrogens with zero attached hydrogens (tertiary/aromatic N) is 4. The lowest BCUT2D eigenvalue weighted by molar-refractivity contribution is 0.158. The fourth-order valence-corrected chi connectivity index (χ4v) is 9.76. The van der Waals surface area contributed by atoms with E-state index >= 15 is 0 Å². The van der Waals surface area contributed by atoms with Crippen molar-refractivity contribution in [1.29, 1.82) is 0 Å². The van der Waals surface area contributed by atoms with Gasteiger partial charge in [0.05, 0.1) is 51.8 Å². The van der Waals surface area contributed by atoms with Crippen molar-refractivity contribution >= 4 is 30.1 Å². The first-order valence-electron chi connectivity index (χ1n) is 15.0. The summed E-state index contributed by atoms with van der Waals surface area (Å²) in [6, 6.07) is 22.5. The Morgan fingerprint density at radius 1 is 0.596 bits per heavy atom. The Balaban J connectivity index is 1.65. The summed E-state index contributed by atoms with van der Waals surface area (Å²) in [6.07, 6.45) is 0. The Kier molecular flexibility index (Phi) is 10.3. The summed E-state index contributed by atoms with van der Waals surface area (Å²) in [5.41, 5.74) is 3.22. The quantitative estimate of drug-likeness (QED) is 0.309. The van der Waals surface area contributed by atoms with E-state index in [9.17, 15) is 30.4 Å². The summed E-state index contributed by atoms with van der Waals surface area (Å²) in [4.78, 5) is 4.60. The van der Waals surface area contributed by atoms with Crippen LogP contribution in [0.15, 0.2) is 106 Å². The summed E-state index contributed by atoms with van der Waals surface area (Å²) in [7, 11) is -12.7. The van der Waals surface area contributed by atoms with Gasteiger partial charge < -0.3 is 5.11 Å². The molecule has 4 aromatic rings. The van der Waals surface area contributed by atoms with Crippen molar-refractivity contribution in [3.8, 4) is 0 Å². The van der Waals surface area contributed by atoms with Crippen LogP contribution in [-0.2, 0) is 43.2 Å². The number of pyridine rings is 1. The SMILES string of the molecule is Cc1ccc(S(=O)(=O)N2CCN(S(=O)(=O)c3ccc(C)cc3)CC(CO)N(S(=O)(=O)c3ccc(C)cc3)Cc3cccc(n3)C2)cc1. The average Bonchev–Trinajstić information content (AvgIpc) is 3.03. The maximum Gasteiger partial charge on any atom is 0.243 e. The highest BCUT2D eigenvalue weighted by Crippen LogP contribution is 2.26. The second-order valence-electron chi connectivity index (χ2n) is 11.6. The van der Waals surface area contributed by atoms with Crippen LogP contribution >= 0.6 is 0 Å². The van der Waals surface area contributed by atoms with Gasteiger partial charge in [0.2, 0.25) is 30.1 Å². The number of sulfonamides is 3. The van der Waals surface area contributed by atoms with Gasteiger partial charge in [0.1, 0.15) is 0 Å². The molecule has 3 aromatic carbocycles. The maximum atomic E-state index is 14.2. The highest BCUT2D eigenvalue weighted by molar-refractivity contribution is 7.89. The van der Waals surface area contributed by atoms with E-state index in [1.54, 1.807) is 54.6 Å². The number of fused-ring (bicyclic) bond motifs is 2. The van der Waals surface area contributed by atoms with Crippen LogP contribution in [0.1, 0.15) is 28.1 Å². The number of aliphatic hydroxyl groups is 1. The molecule has 1 aromatic heterocycles. The van der Waals surface area contributed by atoms with Gasteiger partial charge in [-0.3, -0.25) is 4.98 Å². The standard InChI is InChI=1S/C33H38N4O7S3/c1-25-7-13-31(14-8-25)45(39,40)35-19-20-36(46(41,42)32-15-9-26(2)10-16-32)23-30(24-38)37(22-29-6-4-5-28(21-35)34-29)47(43,44)33-17-11-27(3)12-18-33/h4-18,30,38H,19-24H2,1-3H3. The van der Waals surface area contributed by atoms with Crippen LogP contribution in [0.2, 0.25) is 0 Å². The molecule has 0 saturated carbocycles. The number of hydrogen-bond donors (Lipinski definition) is 1. The zero-order valence-corrected chi connectivity index (χ0v) is 28.8. The van der Waals surface area contributed by atoms with Gasteiger partial charge in [0, 0.05) is 19.6 Å². The van der Waals surface area contributed by atoms with Crippen molar-refractivity contribution in [2.45, 2.75) is 54.6 Å². The lowest BCUT2D eigenvalue weighted by Gasteiger charge is -2.35. The molecule has 0 amide bonds. The fraction of sp³-hybridized carbons (Fsp3) is 0.303. The van der Waals surface area contributed by atoms with Crippen molar-refractivity contribution in [3.05, 3.63) is 119 Å². The third kappa shape index (κ3) is 7.64. The molecule has 0 fully saturated rings. The Bertz CT molecular complexity index is 2040. The fourth-order valence-electron chi connectivity index (χ4n) is 5.31. The largest absolute Gasteiger partial charge is 0.395 e. The smallest absolute Gasteiger partial charge is 0.243 e. The average molecular weight is 699 g/mol. The topological polar surface area (TPSA) is 145 Å². The lowest BCUT2D eigenvalue weighted by Crippen LogP contribution is -2.51. The number of aromatic nitrogens is 1. The molecule has 1 unspecified atom stereocenters. The molecule has 0 aliphatic carbocycles. The van der Waals surface area contributed by atoms with E-state index in [2.05, 4.69) is 4.98 Å². The molecule has 0 spiro atoms. The first-order valence-corrected chi connectivity index (χ1v) is 19.3. The van der Waals surface area contributed by atoms with Crippen LogP contribution in [0.4, 0.5) is 0 Å². The molecule has 2 heterocycles. The van der Waals surface area contributed by atoms with E-state index in [1.165, 1.54) is 40.7 Å². The van der Waals surface area contributed by atoms with Crippen LogP contribution in [0, 0.1) is 20.8 Å². The predicted molar refractivity (Wildman–Crippen MR) is 178 cm³/mol. The third-order valence-corrected chi connectivity index (χ3v) is 13.7. The molecular weight excluding hydrogens is 661 g/mol. The van der Waals surface area contributed by atoms with Gasteiger partial charge in [-0.2, -0.15) is 12.9 Å². The van der Waals surface area contributed by atoms with Crippen molar-refractivity contribution < 1.29 is 30.4 Å². The molecule has 2 bridgehead atoms. The van der Waals surface area contributed by atoms with Crippen molar-refractivity contribution in [2.75, 3.05) is 26.2 Å². The van der Waals surface area contributed by atoms with Crippen molar-refractivity contribution in [3.63, 3.8) is 0 Å². The third-order valence-electron chi connectivity index (χ3n) is 8.10. The molecule has 14 heteroatoms. The van der Waals surface area contributed by atoms with Crippen molar-refractivity contribution in [1.82, 2.24) is 17.9 Å². The Hall–Kier alpha value is -3.50. The van der Waals surface area contributed by atoms with Crippen LogP contribution in [0.25, 0.3) is 0 Å². The first kappa shape index (κ1) is 34.8. The molecule has 0 saturated heterocycles. The minimum absolute atomic E-state index is 0.0203.